The number of hydrogen-bond acceptors (Lipinski definition) is 5. The summed E-state index contributed by atoms with van der Waals surface area (Å²) in [6.07, 6.45) is 4.98. The van der Waals surface area contributed by atoms with Crippen LogP contribution in [0.25, 0.3) is 0 Å². The van der Waals surface area contributed by atoms with Crippen molar-refractivity contribution in [2.24, 2.45) is 23.0 Å². The predicted molar refractivity (Wildman–Crippen MR) is 148 cm³/mol. The van der Waals surface area contributed by atoms with E-state index >= 15 is 0 Å². The smallest absolute Gasteiger partial charge is 0.315 e. The van der Waals surface area contributed by atoms with Gasteiger partial charge in [0.1, 0.15) is 12.1 Å². The van der Waals surface area contributed by atoms with E-state index in [1.807, 2.05) is 48.5 Å². The number of carbonyl (C=O) groups is 5. The number of nitrogens with two attached hydrogens (primary N) is 1. The van der Waals surface area contributed by atoms with Gasteiger partial charge >= 0.3 is 6.03 Å². The predicted octanol–water partition coefficient (Wildman–Crippen LogP) is 2.88. The topological polar surface area (TPSA) is 151 Å². The number of Topliss-reactive ketones (excluding diaryl/α,β-unsaturated/α-hetero) is 1. The van der Waals surface area contributed by atoms with Crippen LogP contribution in [0.15, 0.2) is 0 Å². The highest BCUT2D eigenvalue weighted by Crippen LogP contribution is 2.32. The molecule has 4 atom stereocenters. The van der Waals surface area contributed by atoms with Gasteiger partial charge in [0.25, 0.3) is 5.91 Å². The van der Waals surface area contributed by atoms with Crippen LogP contribution in [0.4, 0.5) is 4.79 Å². The fourth-order valence-electron chi connectivity index (χ4n) is 4.59. The maximum absolute atomic E-state index is 13.7. The Labute approximate surface area is 228 Å². The number of primary amides is 1. The summed E-state index contributed by atoms with van der Waals surface area (Å²) in [5.74, 6) is -2.42. The third-order valence-corrected chi connectivity index (χ3v) is 6.64. The third-order valence-electron chi connectivity index (χ3n) is 6.64. The van der Waals surface area contributed by atoms with Crippen molar-refractivity contribution in [1.29, 1.82) is 0 Å². The summed E-state index contributed by atoms with van der Waals surface area (Å²) in [4.78, 5) is 65.0. The Morgan fingerprint density at radius 3 is 1.95 bits per heavy atom. The molecule has 2 rings (SSSR count). The zero-order chi connectivity index (χ0) is 29.4. The van der Waals surface area contributed by atoms with Crippen molar-refractivity contribution in [2.75, 3.05) is 6.54 Å². The number of likely N-dealkylation sites (tertiary alicyclic amines) is 1. The Hall–Kier alpha value is -2.65. The van der Waals surface area contributed by atoms with E-state index in [-0.39, 0.29) is 17.7 Å². The molecule has 0 bridgehead atoms. The van der Waals surface area contributed by atoms with E-state index in [2.05, 4.69) is 29.8 Å². The first-order chi connectivity index (χ1) is 17.4. The van der Waals surface area contributed by atoms with E-state index in [1.54, 1.807) is 0 Å². The number of amides is 5. The average molecular weight is 538 g/mol. The van der Waals surface area contributed by atoms with E-state index in [4.69, 9.17) is 5.73 Å². The molecule has 1 aliphatic carbocycles. The molecule has 0 radical (unpaired) electrons. The minimum absolute atomic E-state index is 0.0515. The fourth-order valence-corrected chi connectivity index (χ4v) is 4.59. The monoisotopic (exact) mass is 537 g/mol. The largest absolute Gasteiger partial charge is 0.363 e. The van der Waals surface area contributed by atoms with Gasteiger partial charge in [0.15, 0.2) is 0 Å². The second-order valence-electron chi connectivity index (χ2n) is 13.0. The highest BCUT2D eigenvalue weighted by atomic mass is 16.2. The summed E-state index contributed by atoms with van der Waals surface area (Å²) in [6.45, 7) is 17.6. The summed E-state index contributed by atoms with van der Waals surface area (Å²) in [7, 11) is 0. The number of ketones is 1. The number of rotatable bonds is 8. The molecule has 1 saturated heterocycles. The molecule has 5 N–H and O–H groups in total. The maximum atomic E-state index is 13.7. The summed E-state index contributed by atoms with van der Waals surface area (Å²) < 4.78 is 0. The Morgan fingerprint density at radius 2 is 1.53 bits per heavy atom. The molecule has 1 heterocycles. The van der Waals surface area contributed by atoms with Crippen molar-refractivity contribution in [1.82, 2.24) is 20.9 Å². The van der Waals surface area contributed by atoms with Gasteiger partial charge in [-0.2, -0.15) is 0 Å². The number of urea groups is 1. The Bertz CT molecular complexity index is 857. The molecule has 2 fully saturated rings. The molecule has 1 saturated carbocycles. The van der Waals surface area contributed by atoms with E-state index < -0.39 is 52.7 Å². The van der Waals surface area contributed by atoms with Gasteiger partial charge in [-0.1, -0.05) is 67.2 Å². The third kappa shape index (κ3) is 10.3. The molecule has 1 aliphatic heterocycles. The Morgan fingerprint density at radius 1 is 0.974 bits per heavy atom. The summed E-state index contributed by atoms with van der Waals surface area (Å²) in [5.41, 5.74) is 4.13. The van der Waals surface area contributed by atoms with Crippen LogP contribution >= 0.6 is 0 Å². The first-order valence-electron chi connectivity index (χ1n) is 13.9. The summed E-state index contributed by atoms with van der Waals surface area (Å²) in [6, 6.07) is -3.14. The van der Waals surface area contributed by atoms with Gasteiger partial charge in [-0.05, 0) is 50.9 Å². The molecule has 10 heteroatoms. The molecular weight excluding hydrogens is 486 g/mol. The lowest BCUT2D eigenvalue weighted by atomic mass is 9.80. The standard InChI is InChI=1S/C25H43N5O5.C3H8/c1-14-11-17(21(33)27-16(18(31)20(26)32)12-15-9-8-10-15)30(13-14)22(34)19(24(2,3)4)28-23(35)29-25(5,6)7;1-3-2/h14-17,19H,8-13H2,1-7H3,(H2,26,32)(H,27,33)(H2,28,29,35);3H2,1-2H3/t14-,16?,17?,19-;/m1./s1. The van der Waals surface area contributed by atoms with Gasteiger partial charge in [0.2, 0.25) is 17.6 Å². The number of carbonyl (C=O) groups excluding carboxylic acids is 5. The van der Waals surface area contributed by atoms with E-state index in [0.717, 1.165) is 19.3 Å². The van der Waals surface area contributed by atoms with Crippen molar-refractivity contribution in [3.63, 3.8) is 0 Å². The van der Waals surface area contributed by atoms with Gasteiger partial charge < -0.3 is 26.6 Å². The normalized spacial score (nSPS) is 21.2. The average Bonchev–Trinajstić information content (AvgIpc) is 3.13. The van der Waals surface area contributed by atoms with Gasteiger partial charge in [0, 0.05) is 12.1 Å². The zero-order valence-electron chi connectivity index (χ0n) is 24.9. The molecule has 0 spiro atoms. The number of hydrogen-bond donors (Lipinski definition) is 4. The zero-order valence-corrected chi connectivity index (χ0v) is 24.9. The van der Waals surface area contributed by atoms with Gasteiger partial charge in [-0.25, -0.2) is 4.79 Å². The van der Waals surface area contributed by atoms with Crippen LogP contribution in [-0.2, 0) is 19.2 Å². The van der Waals surface area contributed by atoms with E-state index in [0.29, 0.717) is 19.4 Å². The van der Waals surface area contributed by atoms with Crippen LogP contribution in [-0.4, -0.2) is 64.6 Å². The fraction of sp³-hybridized carbons (Fsp3) is 0.821. The van der Waals surface area contributed by atoms with Gasteiger partial charge in [0.05, 0.1) is 6.04 Å². The maximum Gasteiger partial charge on any atom is 0.315 e. The van der Waals surface area contributed by atoms with Crippen molar-refractivity contribution in [2.45, 2.75) is 125 Å². The van der Waals surface area contributed by atoms with Crippen LogP contribution in [0.2, 0.25) is 0 Å². The minimum atomic E-state index is -1.08. The highest BCUT2D eigenvalue weighted by Gasteiger charge is 2.45. The Kier molecular flexibility index (Phi) is 12.2. The summed E-state index contributed by atoms with van der Waals surface area (Å²) in [5, 5.41) is 8.31. The van der Waals surface area contributed by atoms with Crippen LogP contribution in [0, 0.1) is 17.3 Å². The SMILES string of the molecule is CCC.C[C@@H]1CC(C(=O)NC(CC2CCC2)C(=O)C(N)=O)N(C(=O)[C@@H](NC(=O)NC(C)(C)C)C(C)(C)C)C1. The molecule has 218 valence electrons. The lowest BCUT2D eigenvalue weighted by Gasteiger charge is -2.36. The van der Waals surface area contributed by atoms with E-state index in [1.165, 1.54) is 11.3 Å². The molecule has 2 unspecified atom stereocenters. The summed E-state index contributed by atoms with van der Waals surface area (Å²) >= 11 is 0. The van der Waals surface area contributed by atoms with Crippen LogP contribution < -0.4 is 21.7 Å². The van der Waals surface area contributed by atoms with Crippen molar-refractivity contribution in [3.8, 4) is 0 Å². The van der Waals surface area contributed by atoms with E-state index in [9.17, 15) is 24.0 Å². The second kappa shape index (κ2) is 13.9. The number of nitrogens with one attached hydrogen (secondary N) is 3. The molecule has 2 aliphatic rings. The molecule has 5 amide bonds. The molecule has 10 nitrogen and oxygen atoms in total. The second-order valence-corrected chi connectivity index (χ2v) is 13.0. The lowest BCUT2D eigenvalue weighted by Crippen LogP contribution is -2.61. The molecule has 0 aromatic carbocycles. The van der Waals surface area contributed by atoms with Crippen molar-refractivity contribution in [3.05, 3.63) is 0 Å². The number of nitrogens with zero attached hydrogens (tertiary/aromatic N) is 1. The van der Waals surface area contributed by atoms with Crippen molar-refractivity contribution >= 4 is 29.5 Å². The van der Waals surface area contributed by atoms with Crippen LogP contribution in [0.1, 0.15) is 101 Å². The highest BCUT2D eigenvalue weighted by molar-refractivity contribution is 6.37. The first-order valence-corrected chi connectivity index (χ1v) is 13.9. The van der Waals surface area contributed by atoms with Crippen LogP contribution in [0.3, 0.4) is 0 Å². The van der Waals surface area contributed by atoms with Crippen LogP contribution in [0.5, 0.6) is 0 Å². The molecular formula is C28H51N5O5. The van der Waals surface area contributed by atoms with Gasteiger partial charge in [-0.15, -0.1) is 0 Å². The quantitative estimate of drug-likeness (QED) is 0.351. The van der Waals surface area contributed by atoms with Gasteiger partial charge in [-0.3, -0.25) is 19.2 Å². The molecule has 0 aromatic rings. The lowest BCUT2D eigenvalue weighted by molar-refractivity contribution is -0.143. The molecule has 38 heavy (non-hydrogen) atoms. The molecule has 0 aromatic heterocycles. The van der Waals surface area contributed by atoms with Crippen molar-refractivity contribution < 1.29 is 24.0 Å². The Balaban J connectivity index is 0.00000229. The first kappa shape index (κ1) is 33.4. The minimum Gasteiger partial charge on any atom is -0.363 e.